The maximum Gasteiger partial charge on any atom is 0.239 e. The van der Waals surface area contributed by atoms with E-state index in [4.69, 9.17) is 10.5 Å². The number of hydrogen-bond acceptors (Lipinski definition) is 4. The molecular weight excluding hydrogens is 349 g/mol. The van der Waals surface area contributed by atoms with Crippen LogP contribution >= 0.6 is 24.8 Å². The first-order valence-corrected chi connectivity index (χ1v) is 7.98. The number of halogens is 2. The van der Waals surface area contributed by atoms with E-state index in [1.54, 1.807) is 6.92 Å². The lowest BCUT2D eigenvalue weighted by Gasteiger charge is -2.36. The number of benzene rings is 1. The van der Waals surface area contributed by atoms with Gasteiger partial charge in [0.25, 0.3) is 0 Å². The van der Waals surface area contributed by atoms with Gasteiger partial charge in [0, 0.05) is 32.2 Å². The summed E-state index contributed by atoms with van der Waals surface area (Å²) >= 11 is 0. The van der Waals surface area contributed by atoms with Gasteiger partial charge in [0.15, 0.2) is 0 Å². The molecule has 1 heterocycles. The second-order valence-electron chi connectivity index (χ2n) is 6.00. The van der Waals surface area contributed by atoms with E-state index in [9.17, 15) is 4.79 Å². The molecule has 2 rings (SSSR count). The van der Waals surface area contributed by atoms with Crippen molar-refractivity contribution in [2.75, 3.05) is 32.8 Å². The highest BCUT2D eigenvalue weighted by Gasteiger charge is 2.25. The van der Waals surface area contributed by atoms with Gasteiger partial charge in [0.05, 0.1) is 19.3 Å². The lowest BCUT2D eigenvalue weighted by Crippen LogP contribution is -2.51. The molecule has 0 spiro atoms. The predicted molar refractivity (Wildman–Crippen MR) is 102 cm³/mol. The smallest absolute Gasteiger partial charge is 0.239 e. The molecule has 2 unspecified atom stereocenters. The van der Waals surface area contributed by atoms with Crippen molar-refractivity contribution < 1.29 is 9.53 Å². The fourth-order valence-electron chi connectivity index (χ4n) is 2.75. The van der Waals surface area contributed by atoms with Crippen LogP contribution in [0.2, 0.25) is 0 Å². The Labute approximate surface area is 157 Å². The Balaban J connectivity index is 0.00000264. The Morgan fingerprint density at radius 3 is 2.33 bits per heavy atom. The number of ether oxygens (including phenoxy) is 1. The lowest BCUT2D eigenvalue weighted by molar-refractivity contribution is -0.135. The van der Waals surface area contributed by atoms with Crippen LogP contribution in [0.3, 0.4) is 0 Å². The molecule has 0 radical (unpaired) electrons. The minimum Gasteiger partial charge on any atom is -0.379 e. The average Bonchev–Trinajstić information content (AvgIpc) is 2.53. The van der Waals surface area contributed by atoms with Crippen molar-refractivity contribution >= 4 is 30.7 Å². The van der Waals surface area contributed by atoms with Gasteiger partial charge >= 0.3 is 0 Å². The third kappa shape index (κ3) is 6.95. The summed E-state index contributed by atoms with van der Waals surface area (Å²) in [7, 11) is 0. The van der Waals surface area contributed by atoms with Gasteiger partial charge in [-0.1, -0.05) is 30.3 Å². The SMILES string of the molecule is CC(N)C(=O)N(Cc1ccccc1)C(C)CN1CCOCC1.Cl.Cl. The molecule has 1 aliphatic heterocycles. The summed E-state index contributed by atoms with van der Waals surface area (Å²) in [6, 6.07) is 9.71. The second kappa shape index (κ2) is 11.7. The molecule has 138 valence electrons. The fraction of sp³-hybridized carbons (Fsp3) is 0.588. The van der Waals surface area contributed by atoms with E-state index in [2.05, 4.69) is 11.8 Å². The van der Waals surface area contributed by atoms with E-state index in [1.807, 2.05) is 35.2 Å². The number of carbonyl (C=O) groups is 1. The molecule has 1 aliphatic rings. The van der Waals surface area contributed by atoms with Crippen LogP contribution in [0.25, 0.3) is 0 Å². The van der Waals surface area contributed by atoms with Crippen LogP contribution in [-0.2, 0) is 16.1 Å². The maximum absolute atomic E-state index is 12.5. The quantitative estimate of drug-likeness (QED) is 0.822. The zero-order valence-electron chi connectivity index (χ0n) is 14.4. The number of amides is 1. The number of nitrogens with two attached hydrogens (primary N) is 1. The van der Waals surface area contributed by atoms with Crippen molar-refractivity contribution in [3.63, 3.8) is 0 Å². The van der Waals surface area contributed by atoms with Gasteiger partial charge in [-0.15, -0.1) is 24.8 Å². The molecule has 0 bridgehead atoms. The van der Waals surface area contributed by atoms with E-state index in [-0.39, 0.29) is 36.8 Å². The van der Waals surface area contributed by atoms with Crippen molar-refractivity contribution in [2.24, 2.45) is 5.73 Å². The van der Waals surface area contributed by atoms with Crippen LogP contribution in [0.4, 0.5) is 0 Å². The molecule has 0 aliphatic carbocycles. The molecule has 0 saturated carbocycles. The molecule has 1 fully saturated rings. The fourth-order valence-corrected chi connectivity index (χ4v) is 2.75. The zero-order chi connectivity index (χ0) is 15.9. The van der Waals surface area contributed by atoms with Gasteiger partial charge in [-0.2, -0.15) is 0 Å². The molecule has 1 amide bonds. The molecule has 1 saturated heterocycles. The largest absolute Gasteiger partial charge is 0.379 e. The number of morpholine rings is 1. The standard InChI is InChI=1S/C17H27N3O2.2ClH/c1-14(12-19-8-10-22-11-9-19)20(17(21)15(2)18)13-16-6-4-3-5-7-16;;/h3-7,14-15H,8-13,18H2,1-2H3;2*1H. The van der Waals surface area contributed by atoms with E-state index < -0.39 is 6.04 Å². The molecule has 0 aromatic heterocycles. The lowest BCUT2D eigenvalue weighted by atomic mass is 10.1. The molecule has 1 aromatic carbocycles. The molecular formula is C17H29Cl2N3O2. The zero-order valence-corrected chi connectivity index (χ0v) is 16.0. The Bertz CT molecular complexity index is 468. The first-order chi connectivity index (χ1) is 10.6. The summed E-state index contributed by atoms with van der Waals surface area (Å²) in [6.45, 7) is 8.70. The number of carbonyl (C=O) groups excluding carboxylic acids is 1. The van der Waals surface area contributed by atoms with Crippen molar-refractivity contribution in [2.45, 2.75) is 32.5 Å². The third-order valence-electron chi connectivity index (χ3n) is 4.03. The first-order valence-electron chi connectivity index (χ1n) is 7.98. The Kier molecular flexibility index (Phi) is 11.2. The molecule has 2 atom stereocenters. The van der Waals surface area contributed by atoms with Gasteiger partial charge in [0.2, 0.25) is 5.91 Å². The minimum absolute atomic E-state index is 0. The molecule has 1 aromatic rings. The third-order valence-corrected chi connectivity index (χ3v) is 4.03. The van der Waals surface area contributed by atoms with Gasteiger partial charge in [-0.3, -0.25) is 9.69 Å². The number of nitrogens with zero attached hydrogens (tertiary/aromatic N) is 2. The summed E-state index contributed by atoms with van der Waals surface area (Å²) in [4.78, 5) is 16.7. The predicted octanol–water partition coefficient (Wildman–Crippen LogP) is 1.93. The first kappa shape index (κ1) is 23.1. The van der Waals surface area contributed by atoms with E-state index in [0.717, 1.165) is 38.4 Å². The molecule has 5 nitrogen and oxygen atoms in total. The second-order valence-corrected chi connectivity index (χ2v) is 6.00. The van der Waals surface area contributed by atoms with Crippen molar-refractivity contribution in [1.29, 1.82) is 0 Å². The highest BCUT2D eigenvalue weighted by Crippen LogP contribution is 2.12. The van der Waals surface area contributed by atoms with Crippen molar-refractivity contribution in [3.8, 4) is 0 Å². The monoisotopic (exact) mass is 377 g/mol. The van der Waals surface area contributed by atoms with Gasteiger partial charge in [-0.05, 0) is 19.4 Å². The van der Waals surface area contributed by atoms with Crippen LogP contribution in [0, 0.1) is 0 Å². The van der Waals surface area contributed by atoms with Crippen LogP contribution < -0.4 is 5.73 Å². The maximum atomic E-state index is 12.5. The molecule has 2 N–H and O–H groups in total. The molecule has 7 heteroatoms. The summed E-state index contributed by atoms with van der Waals surface area (Å²) in [5.74, 6) is 0.00427. The van der Waals surface area contributed by atoms with Gasteiger partial charge < -0.3 is 15.4 Å². The van der Waals surface area contributed by atoms with E-state index >= 15 is 0 Å². The van der Waals surface area contributed by atoms with E-state index in [0.29, 0.717) is 6.54 Å². The van der Waals surface area contributed by atoms with Gasteiger partial charge in [0.1, 0.15) is 0 Å². The summed E-state index contributed by atoms with van der Waals surface area (Å²) < 4.78 is 5.38. The molecule has 24 heavy (non-hydrogen) atoms. The topological polar surface area (TPSA) is 58.8 Å². The van der Waals surface area contributed by atoms with Crippen LogP contribution in [0.5, 0.6) is 0 Å². The number of rotatable bonds is 6. The summed E-state index contributed by atoms with van der Waals surface area (Å²) in [5.41, 5.74) is 6.97. The number of hydrogen-bond donors (Lipinski definition) is 1. The Morgan fingerprint density at radius 2 is 1.79 bits per heavy atom. The normalized spacial score (nSPS) is 17.1. The van der Waals surface area contributed by atoms with Crippen LogP contribution in [-0.4, -0.2) is 60.6 Å². The highest BCUT2D eigenvalue weighted by atomic mass is 35.5. The summed E-state index contributed by atoms with van der Waals surface area (Å²) in [5, 5.41) is 0. The Morgan fingerprint density at radius 1 is 1.21 bits per heavy atom. The van der Waals surface area contributed by atoms with Gasteiger partial charge in [-0.25, -0.2) is 0 Å². The minimum atomic E-state index is -0.476. The highest BCUT2D eigenvalue weighted by molar-refractivity contribution is 5.85. The van der Waals surface area contributed by atoms with Crippen molar-refractivity contribution in [1.82, 2.24) is 9.80 Å². The average molecular weight is 378 g/mol. The van der Waals surface area contributed by atoms with Crippen LogP contribution in [0.15, 0.2) is 30.3 Å². The summed E-state index contributed by atoms with van der Waals surface area (Å²) in [6.07, 6.45) is 0. The van der Waals surface area contributed by atoms with Crippen molar-refractivity contribution in [3.05, 3.63) is 35.9 Å². The van der Waals surface area contributed by atoms with E-state index in [1.165, 1.54) is 0 Å². The van der Waals surface area contributed by atoms with Crippen LogP contribution in [0.1, 0.15) is 19.4 Å². The Hall–Kier alpha value is -0.850.